The normalized spacial score (nSPS) is 11.2. The number of ether oxygens (including phenoxy) is 2. The van der Waals surface area contributed by atoms with Gasteiger partial charge in [0.15, 0.2) is 11.6 Å². The van der Waals surface area contributed by atoms with Crippen LogP contribution in [0, 0.1) is 6.07 Å². The van der Waals surface area contributed by atoms with Crippen molar-refractivity contribution in [1.82, 2.24) is 9.97 Å². The monoisotopic (exact) mass is 435 g/mol. The van der Waals surface area contributed by atoms with Crippen molar-refractivity contribution in [2.75, 3.05) is 24.3 Å². The van der Waals surface area contributed by atoms with E-state index in [1.807, 2.05) is 6.07 Å². The van der Waals surface area contributed by atoms with E-state index in [4.69, 9.17) is 9.47 Å². The third-order valence-corrected chi connectivity index (χ3v) is 5.68. The molecule has 1 radical (unpaired) electrons. The number of benzene rings is 3. The highest BCUT2D eigenvalue weighted by atomic mass is 32.2. The first-order valence-corrected chi connectivity index (χ1v) is 10.7. The molecule has 0 fully saturated rings. The fraction of sp³-hybridized carbons (Fsp3) is 0.0909. The predicted octanol–water partition coefficient (Wildman–Crippen LogP) is 3.99. The molecule has 4 aromatic rings. The molecule has 0 unspecified atom stereocenters. The molecule has 0 aliphatic heterocycles. The molecule has 3 aromatic carbocycles. The van der Waals surface area contributed by atoms with E-state index in [1.54, 1.807) is 62.8 Å². The third kappa shape index (κ3) is 4.51. The molecule has 0 bridgehead atoms. The number of nitrogens with zero attached hydrogens (tertiary/aromatic N) is 2. The van der Waals surface area contributed by atoms with Crippen LogP contribution >= 0.6 is 0 Å². The lowest BCUT2D eigenvalue weighted by Crippen LogP contribution is -2.16. The standard InChI is InChI=1S/C22H19N4O4S/c1-29-16-12-15(13-17(14-16)30-2)23-21-22(25-20-11-7-6-10-19(20)24-21)26-31(27,28)18-8-4-3-5-9-18/h3-8,10-14H,1-2H3,(H,23,24)(H,25,26). The number of nitrogens with one attached hydrogen (secondary N) is 2. The lowest BCUT2D eigenvalue weighted by Gasteiger charge is -2.15. The highest BCUT2D eigenvalue weighted by molar-refractivity contribution is 7.92. The van der Waals surface area contributed by atoms with Crippen LogP contribution < -0.4 is 19.5 Å². The Bertz CT molecular complexity index is 1310. The van der Waals surface area contributed by atoms with Gasteiger partial charge in [-0.15, -0.1) is 0 Å². The summed E-state index contributed by atoms with van der Waals surface area (Å²) >= 11 is 0. The van der Waals surface area contributed by atoms with Gasteiger partial charge in [-0.2, -0.15) is 0 Å². The summed E-state index contributed by atoms with van der Waals surface area (Å²) < 4.78 is 38.9. The van der Waals surface area contributed by atoms with E-state index in [1.165, 1.54) is 12.1 Å². The topological polar surface area (TPSA) is 102 Å². The van der Waals surface area contributed by atoms with Crippen molar-refractivity contribution in [2.24, 2.45) is 0 Å². The first-order valence-electron chi connectivity index (χ1n) is 9.25. The number of aromatic nitrogens is 2. The predicted molar refractivity (Wildman–Crippen MR) is 118 cm³/mol. The summed E-state index contributed by atoms with van der Waals surface area (Å²) in [5.74, 6) is 1.42. The van der Waals surface area contributed by atoms with E-state index in [0.29, 0.717) is 28.2 Å². The number of hydrogen-bond donors (Lipinski definition) is 2. The van der Waals surface area contributed by atoms with Crippen molar-refractivity contribution in [1.29, 1.82) is 0 Å². The molecule has 0 atom stereocenters. The lowest BCUT2D eigenvalue weighted by molar-refractivity contribution is 0.395. The molecule has 9 heteroatoms. The number of fused-ring (bicyclic) bond motifs is 1. The molecular weight excluding hydrogens is 416 g/mol. The molecule has 0 saturated carbocycles. The molecule has 157 valence electrons. The summed E-state index contributed by atoms with van der Waals surface area (Å²) in [5, 5.41) is 3.12. The molecule has 8 nitrogen and oxygen atoms in total. The summed E-state index contributed by atoms with van der Waals surface area (Å²) in [7, 11) is -0.828. The minimum Gasteiger partial charge on any atom is -0.497 e. The van der Waals surface area contributed by atoms with Crippen LogP contribution in [-0.4, -0.2) is 32.6 Å². The van der Waals surface area contributed by atoms with E-state index in [0.717, 1.165) is 0 Å². The molecule has 0 aliphatic carbocycles. The van der Waals surface area contributed by atoms with Crippen molar-refractivity contribution in [3.63, 3.8) is 0 Å². The minimum atomic E-state index is -3.92. The molecule has 0 aliphatic rings. The van der Waals surface area contributed by atoms with Gasteiger partial charge in [-0.05, 0) is 18.2 Å². The second-order valence-corrected chi connectivity index (χ2v) is 8.12. The van der Waals surface area contributed by atoms with Gasteiger partial charge in [0.25, 0.3) is 10.0 Å². The van der Waals surface area contributed by atoms with Gasteiger partial charge < -0.3 is 14.8 Å². The molecule has 1 aromatic heterocycles. The van der Waals surface area contributed by atoms with E-state index in [-0.39, 0.29) is 16.5 Å². The Morgan fingerprint density at radius 1 is 0.839 bits per heavy atom. The van der Waals surface area contributed by atoms with Gasteiger partial charge in [-0.25, -0.2) is 18.4 Å². The quantitative estimate of drug-likeness (QED) is 0.452. The smallest absolute Gasteiger partial charge is 0.263 e. The van der Waals surface area contributed by atoms with E-state index < -0.39 is 10.0 Å². The summed E-state index contributed by atoms with van der Waals surface area (Å²) in [6, 6.07) is 21.4. The highest BCUT2D eigenvalue weighted by Gasteiger charge is 2.19. The zero-order valence-corrected chi connectivity index (χ0v) is 17.6. The zero-order valence-electron chi connectivity index (χ0n) is 16.8. The molecule has 1 heterocycles. The SMILES string of the molecule is COc1cc(Nc2nc3ccccc3nc2NS(=O)(=O)c2[c]cccc2)cc(OC)c1. The van der Waals surface area contributed by atoms with Crippen LogP contribution in [0.2, 0.25) is 0 Å². The van der Waals surface area contributed by atoms with Crippen LogP contribution in [0.25, 0.3) is 11.0 Å². The van der Waals surface area contributed by atoms with E-state index >= 15 is 0 Å². The van der Waals surface area contributed by atoms with Crippen LogP contribution in [0.4, 0.5) is 17.3 Å². The minimum absolute atomic E-state index is 0.000965. The highest BCUT2D eigenvalue weighted by Crippen LogP contribution is 2.31. The maximum atomic E-state index is 12.9. The average molecular weight is 435 g/mol. The third-order valence-electron chi connectivity index (χ3n) is 4.39. The molecule has 0 spiro atoms. The van der Waals surface area contributed by atoms with Gasteiger partial charge in [0.1, 0.15) is 11.5 Å². The van der Waals surface area contributed by atoms with Crippen LogP contribution in [-0.2, 0) is 10.0 Å². The van der Waals surface area contributed by atoms with Crippen molar-refractivity contribution in [3.8, 4) is 11.5 Å². The summed E-state index contributed by atoms with van der Waals surface area (Å²) in [4.78, 5) is 9.04. The number of hydrogen-bond acceptors (Lipinski definition) is 7. The average Bonchev–Trinajstić information content (AvgIpc) is 2.79. The van der Waals surface area contributed by atoms with Gasteiger partial charge in [-0.1, -0.05) is 30.3 Å². The Labute approximate surface area is 179 Å². The Hall–Kier alpha value is -3.85. The fourth-order valence-corrected chi connectivity index (χ4v) is 3.89. The molecule has 0 amide bonds. The number of rotatable bonds is 7. The molecule has 31 heavy (non-hydrogen) atoms. The molecular formula is C22H19N4O4S. The Balaban J connectivity index is 1.79. The Morgan fingerprint density at radius 2 is 1.45 bits per heavy atom. The summed E-state index contributed by atoms with van der Waals surface area (Å²) in [6.45, 7) is 0. The van der Waals surface area contributed by atoms with Crippen molar-refractivity contribution >= 4 is 38.4 Å². The van der Waals surface area contributed by atoms with Gasteiger partial charge in [-0.3, -0.25) is 4.72 Å². The maximum Gasteiger partial charge on any atom is 0.263 e. The molecule has 2 N–H and O–H groups in total. The van der Waals surface area contributed by atoms with Crippen molar-refractivity contribution in [2.45, 2.75) is 4.90 Å². The number of anilines is 3. The summed E-state index contributed by atoms with van der Waals surface area (Å²) in [6.07, 6.45) is 0. The number of methoxy groups -OCH3 is 2. The number of sulfonamides is 1. The lowest BCUT2D eigenvalue weighted by atomic mass is 10.2. The molecule has 0 saturated heterocycles. The second kappa shape index (κ2) is 8.49. The van der Waals surface area contributed by atoms with Crippen LogP contribution in [0.1, 0.15) is 0 Å². The first-order chi connectivity index (χ1) is 15.0. The van der Waals surface area contributed by atoms with Gasteiger partial charge >= 0.3 is 0 Å². The van der Waals surface area contributed by atoms with Gasteiger partial charge in [0, 0.05) is 30.0 Å². The Morgan fingerprint density at radius 3 is 2.03 bits per heavy atom. The van der Waals surface area contributed by atoms with Gasteiger partial charge in [0.2, 0.25) is 0 Å². The maximum absolute atomic E-state index is 12.9. The Kier molecular flexibility index (Phi) is 5.59. The number of para-hydroxylation sites is 2. The van der Waals surface area contributed by atoms with Crippen molar-refractivity contribution in [3.05, 3.63) is 72.8 Å². The van der Waals surface area contributed by atoms with E-state index in [9.17, 15) is 8.42 Å². The van der Waals surface area contributed by atoms with Crippen molar-refractivity contribution < 1.29 is 17.9 Å². The van der Waals surface area contributed by atoms with Crippen LogP contribution in [0.15, 0.2) is 71.6 Å². The molecule has 4 rings (SSSR count). The van der Waals surface area contributed by atoms with Crippen LogP contribution in [0.3, 0.4) is 0 Å². The fourth-order valence-electron chi connectivity index (χ4n) is 2.90. The first kappa shape index (κ1) is 20.4. The van der Waals surface area contributed by atoms with E-state index in [2.05, 4.69) is 26.1 Å². The second-order valence-electron chi connectivity index (χ2n) is 6.47. The van der Waals surface area contributed by atoms with Crippen LogP contribution in [0.5, 0.6) is 11.5 Å². The summed E-state index contributed by atoms with van der Waals surface area (Å²) in [5.41, 5.74) is 1.74. The largest absolute Gasteiger partial charge is 0.497 e. The van der Waals surface area contributed by atoms with Gasteiger partial charge in [0.05, 0.1) is 30.1 Å². The zero-order chi connectivity index (χ0) is 21.8.